The number of hydrogen-bond donors (Lipinski definition) is 2. The summed E-state index contributed by atoms with van der Waals surface area (Å²) >= 11 is 0. The zero-order valence-electron chi connectivity index (χ0n) is 12.9. The van der Waals surface area contributed by atoms with Gasteiger partial charge in [-0.2, -0.15) is 0 Å². The van der Waals surface area contributed by atoms with Crippen molar-refractivity contribution >= 4 is 22.8 Å². The molecular weight excluding hydrogens is 292 g/mol. The summed E-state index contributed by atoms with van der Waals surface area (Å²) in [5, 5.41) is 5.94. The van der Waals surface area contributed by atoms with Crippen molar-refractivity contribution in [2.75, 3.05) is 0 Å². The molecule has 1 aromatic heterocycles. The van der Waals surface area contributed by atoms with E-state index in [4.69, 9.17) is 0 Å². The van der Waals surface area contributed by atoms with Gasteiger partial charge in [0.2, 0.25) is 11.8 Å². The maximum absolute atomic E-state index is 12.2. The first-order valence-electron chi connectivity index (χ1n) is 8.22. The number of carbonyl (C=O) groups excluding carboxylic acids is 2. The van der Waals surface area contributed by atoms with E-state index in [-0.39, 0.29) is 24.3 Å². The first kappa shape index (κ1) is 14.2. The van der Waals surface area contributed by atoms with Gasteiger partial charge in [0.25, 0.3) is 0 Å². The molecule has 1 heterocycles. The highest BCUT2D eigenvalue weighted by molar-refractivity contribution is 5.82. The third kappa shape index (κ3) is 3.21. The fourth-order valence-corrected chi connectivity index (χ4v) is 2.74. The topological polar surface area (TPSA) is 76.0 Å². The van der Waals surface area contributed by atoms with E-state index in [1.807, 2.05) is 28.8 Å². The normalized spacial score (nSPS) is 17.2. The average molecular weight is 312 g/mol. The minimum absolute atomic E-state index is 0.00502. The van der Waals surface area contributed by atoms with Crippen molar-refractivity contribution < 1.29 is 9.59 Å². The second kappa shape index (κ2) is 5.68. The van der Waals surface area contributed by atoms with Gasteiger partial charge in [0.05, 0.1) is 17.6 Å². The molecule has 0 spiro atoms. The molecule has 0 aliphatic heterocycles. The van der Waals surface area contributed by atoms with Crippen LogP contribution in [-0.4, -0.2) is 27.4 Å². The zero-order chi connectivity index (χ0) is 15.8. The summed E-state index contributed by atoms with van der Waals surface area (Å²) in [5.74, 6) is 0.994. The number of nitrogens with zero attached hydrogens (tertiary/aromatic N) is 2. The van der Waals surface area contributed by atoms with Crippen LogP contribution in [0.2, 0.25) is 0 Å². The molecule has 2 aliphatic carbocycles. The molecular formula is C17H20N4O2. The van der Waals surface area contributed by atoms with Gasteiger partial charge in [0.1, 0.15) is 12.4 Å². The van der Waals surface area contributed by atoms with E-state index in [1.165, 1.54) is 0 Å². The molecule has 0 saturated heterocycles. The van der Waals surface area contributed by atoms with Crippen molar-refractivity contribution in [3.63, 3.8) is 0 Å². The summed E-state index contributed by atoms with van der Waals surface area (Å²) in [7, 11) is 0. The lowest BCUT2D eigenvalue weighted by Crippen LogP contribution is -2.31. The number of aromatic nitrogens is 2. The highest BCUT2D eigenvalue weighted by Crippen LogP contribution is 2.28. The number of imidazole rings is 1. The maximum Gasteiger partial charge on any atom is 0.240 e. The molecule has 120 valence electrons. The number of amides is 2. The maximum atomic E-state index is 12.2. The fourth-order valence-electron chi connectivity index (χ4n) is 2.74. The number of rotatable bonds is 6. The van der Waals surface area contributed by atoms with E-state index in [1.54, 1.807) is 0 Å². The summed E-state index contributed by atoms with van der Waals surface area (Å²) < 4.78 is 1.90. The summed E-state index contributed by atoms with van der Waals surface area (Å²) in [6.45, 7) is 0.604. The number of benzene rings is 1. The van der Waals surface area contributed by atoms with Crippen molar-refractivity contribution in [2.45, 2.75) is 44.8 Å². The summed E-state index contributed by atoms with van der Waals surface area (Å²) in [5.41, 5.74) is 1.77. The van der Waals surface area contributed by atoms with Crippen LogP contribution in [0.3, 0.4) is 0 Å². The van der Waals surface area contributed by atoms with Crippen LogP contribution >= 0.6 is 0 Å². The summed E-state index contributed by atoms with van der Waals surface area (Å²) in [4.78, 5) is 28.6. The Balaban J connectivity index is 1.55. The quantitative estimate of drug-likeness (QED) is 0.845. The van der Waals surface area contributed by atoms with E-state index in [0.717, 1.165) is 42.5 Å². The molecule has 0 unspecified atom stereocenters. The van der Waals surface area contributed by atoms with Gasteiger partial charge >= 0.3 is 0 Å². The van der Waals surface area contributed by atoms with Crippen LogP contribution in [0.25, 0.3) is 11.0 Å². The van der Waals surface area contributed by atoms with Crippen molar-refractivity contribution in [1.82, 2.24) is 20.2 Å². The standard InChI is InChI=1S/C17H20N4O2/c22-16(19-12-7-8-12)10-21-14-4-2-1-3-13(14)20-15(21)9-18-17(23)11-5-6-11/h1-4,11-12H,5-10H2,(H,18,23)(H,19,22). The molecule has 2 fully saturated rings. The molecule has 2 aliphatic rings. The fraction of sp³-hybridized carbons (Fsp3) is 0.471. The third-order valence-electron chi connectivity index (χ3n) is 4.35. The molecule has 6 nitrogen and oxygen atoms in total. The van der Waals surface area contributed by atoms with Crippen LogP contribution in [0.15, 0.2) is 24.3 Å². The Hall–Kier alpha value is -2.37. The Morgan fingerprint density at radius 1 is 1.17 bits per heavy atom. The largest absolute Gasteiger partial charge is 0.352 e. The molecule has 2 aromatic rings. The second-order valence-corrected chi connectivity index (χ2v) is 6.44. The predicted octanol–water partition coefficient (Wildman–Crippen LogP) is 1.34. The lowest BCUT2D eigenvalue weighted by Gasteiger charge is -2.10. The van der Waals surface area contributed by atoms with Crippen molar-refractivity contribution in [3.8, 4) is 0 Å². The lowest BCUT2D eigenvalue weighted by atomic mass is 10.3. The number of para-hydroxylation sites is 2. The highest BCUT2D eigenvalue weighted by Gasteiger charge is 2.29. The van der Waals surface area contributed by atoms with Crippen LogP contribution in [0, 0.1) is 5.92 Å². The van der Waals surface area contributed by atoms with Crippen molar-refractivity contribution in [3.05, 3.63) is 30.1 Å². The molecule has 4 rings (SSSR count). The van der Waals surface area contributed by atoms with Gasteiger partial charge < -0.3 is 15.2 Å². The van der Waals surface area contributed by atoms with Gasteiger partial charge in [-0.1, -0.05) is 12.1 Å². The number of nitrogens with one attached hydrogen (secondary N) is 2. The number of fused-ring (bicyclic) bond motifs is 1. The molecule has 23 heavy (non-hydrogen) atoms. The van der Waals surface area contributed by atoms with Crippen LogP contribution < -0.4 is 10.6 Å². The van der Waals surface area contributed by atoms with Gasteiger partial charge in [0, 0.05) is 12.0 Å². The SMILES string of the molecule is O=C(Cn1c(CNC(=O)C2CC2)nc2ccccc21)NC1CC1. The van der Waals surface area contributed by atoms with E-state index in [2.05, 4.69) is 15.6 Å². The molecule has 0 atom stereocenters. The second-order valence-electron chi connectivity index (χ2n) is 6.44. The Morgan fingerprint density at radius 3 is 2.70 bits per heavy atom. The predicted molar refractivity (Wildman–Crippen MR) is 85.5 cm³/mol. The Morgan fingerprint density at radius 2 is 1.96 bits per heavy atom. The van der Waals surface area contributed by atoms with Crippen LogP contribution in [0.4, 0.5) is 0 Å². The minimum Gasteiger partial charge on any atom is -0.352 e. The smallest absolute Gasteiger partial charge is 0.240 e. The van der Waals surface area contributed by atoms with Gasteiger partial charge in [0.15, 0.2) is 0 Å². The average Bonchev–Trinajstić information content (AvgIpc) is 3.44. The highest BCUT2D eigenvalue weighted by atomic mass is 16.2. The van der Waals surface area contributed by atoms with Crippen molar-refractivity contribution in [2.24, 2.45) is 5.92 Å². The van der Waals surface area contributed by atoms with E-state index < -0.39 is 0 Å². The summed E-state index contributed by atoms with van der Waals surface area (Å²) in [6, 6.07) is 8.09. The first-order chi connectivity index (χ1) is 11.2. The molecule has 2 amide bonds. The minimum atomic E-state index is 0.00502. The number of carbonyl (C=O) groups is 2. The third-order valence-corrected chi connectivity index (χ3v) is 4.35. The van der Waals surface area contributed by atoms with Crippen LogP contribution in [0.1, 0.15) is 31.5 Å². The molecule has 2 N–H and O–H groups in total. The number of hydrogen-bond acceptors (Lipinski definition) is 3. The first-order valence-corrected chi connectivity index (χ1v) is 8.22. The van der Waals surface area contributed by atoms with Crippen molar-refractivity contribution in [1.29, 1.82) is 0 Å². The lowest BCUT2D eigenvalue weighted by molar-refractivity contribution is -0.122. The Labute approximate surface area is 134 Å². The Bertz CT molecular complexity index is 759. The van der Waals surface area contributed by atoms with Crippen LogP contribution in [0.5, 0.6) is 0 Å². The molecule has 0 bridgehead atoms. The van der Waals surface area contributed by atoms with E-state index in [9.17, 15) is 9.59 Å². The van der Waals surface area contributed by atoms with E-state index >= 15 is 0 Å². The molecule has 2 saturated carbocycles. The van der Waals surface area contributed by atoms with Crippen LogP contribution in [-0.2, 0) is 22.7 Å². The van der Waals surface area contributed by atoms with Gasteiger partial charge in [-0.15, -0.1) is 0 Å². The molecule has 0 radical (unpaired) electrons. The molecule has 6 heteroatoms. The Kier molecular flexibility index (Phi) is 3.52. The monoisotopic (exact) mass is 312 g/mol. The zero-order valence-corrected chi connectivity index (χ0v) is 12.9. The van der Waals surface area contributed by atoms with E-state index in [0.29, 0.717) is 12.6 Å². The summed E-state index contributed by atoms with van der Waals surface area (Å²) in [6.07, 6.45) is 4.10. The van der Waals surface area contributed by atoms with Gasteiger partial charge in [-0.3, -0.25) is 9.59 Å². The van der Waals surface area contributed by atoms with Gasteiger partial charge in [-0.05, 0) is 37.8 Å². The van der Waals surface area contributed by atoms with Gasteiger partial charge in [-0.25, -0.2) is 4.98 Å². The molecule has 1 aromatic carbocycles.